The smallest absolute Gasteiger partial charge is 0.191 e. The summed E-state index contributed by atoms with van der Waals surface area (Å²) < 4.78 is 2.03. The second-order valence-corrected chi connectivity index (χ2v) is 4.99. The molecule has 0 aromatic carbocycles. The van der Waals surface area contributed by atoms with E-state index in [1.165, 1.54) is 16.6 Å². The molecule has 0 aliphatic heterocycles. The van der Waals surface area contributed by atoms with E-state index in [9.17, 15) is 0 Å². The van der Waals surface area contributed by atoms with Gasteiger partial charge < -0.3 is 10.3 Å². The monoisotopic (exact) mass is 268 g/mol. The van der Waals surface area contributed by atoms with Crippen molar-refractivity contribution in [1.82, 2.24) is 35.0 Å². The molecule has 0 saturated heterocycles. The van der Waals surface area contributed by atoms with Crippen LogP contribution in [-0.2, 0) is 19.3 Å². The number of nitrogens with zero attached hydrogens (tertiary/aromatic N) is 7. The normalized spacial score (nSPS) is 11.4. The zero-order valence-electron chi connectivity index (χ0n) is 10.6. The molecule has 0 aliphatic carbocycles. The van der Waals surface area contributed by atoms with Gasteiger partial charge in [-0.2, -0.15) is 4.80 Å². The Morgan fingerprint density at radius 1 is 1.28 bits per heavy atom. The van der Waals surface area contributed by atoms with E-state index in [-0.39, 0.29) is 6.04 Å². The number of nitrogens with two attached hydrogens (primary N) is 1. The molecule has 98 valence electrons. The zero-order chi connectivity index (χ0) is 13.1. The van der Waals surface area contributed by atoms with E-state index < -0.39 is 0 Å². The molecule has 0 aliphatic rings. The lowest BCUT2D eigenvalue weighted by atomic mass is 10.4. The molecule has 2 aromatic heterocycles. The predicted octanol–water partition coefficient (Wildman–Crippen LogP) is 0.133. The SMILES string of the molecule is CC(C)n1c(CN)nnc1SCc1nnn(C)n1. The fourth-order valence-corrected chi connectivity index (χ4v) is 2.50. The van der Waals surface area contributed by atoms with Gasteiger partial charge in [0.1, 0.15) is 5.82 Å². The third-order valence-corrected chi connectivity index (χ3v) is 3.25. The van der Waals surface area contributed by atoms with Gasteiger partial charge in [-0.3, -0.25) is 0 Å². The first-order chi connectivity index (χ1) is 8.61. The zero-order valence-corrected chi connectivity index (χ0v) is 11.4. The largest absolute Gasteiger partial charge is 0.324 e. The highest BCUT2D eigenvalue weighted by atomic mass is 32.2. The van der Waals surface area contributed by atoms with E-state index in [1.807, 2.05) is 4.57 Å². The van der Waals surface area contributed by atoms with E-state index in [2.05, 4.69) is 39.5 Å². The van der Waals surface area contributed by atoms with Crippen molar-refractivity contribution in [3.8, 4) is 0 Å². The number of aryl methyl sites for hydroxylation is 1. The topological polar surface area (TPSA) is 100 Å². The van der Waals surface area contributed by atoms with Crippen LogP contribution in [0.5, 0.6) is 0 Å². The molecule has 0 bridgehead atoms. The Balaban J connectivity index is 2.11. The minimum atomic E-state index is 0.274. The standard InChI is InChI=1S/C9H16N8S/c1-6(2)17-8(4-10)12-13-9(17)18-5-7-11-15-16(3)14-7/h6H,4-5,10H2,1-3H3. The van der Waals surface area contributed by atoms with Crippen molar-refractivity contribution in [1.29, 1.82) is 0 Å². The molecular weight excluding hydrogens is 252 g/mol. The summed E-state index contributed by atoms with van der Waals surface area (Å²) >= 11 is 1.53. The third kappa shape index (κ3) is 2.67. The van der Waals surface area contributed by atoms with Gasteiger partial charge in [0, 0.05) is 6.04 Å². The Morgan fingerprint density at radius 3 is 2.61 bits per heavy atom. The van der Waals surface area contributed by atoms with E-state index in [4.69, 9.17) is 5.73 Å². The molecule has 18 heavy (non-hydrogen) atoms. The van der Waals surface area contributed by atoms with Crippen LogP contribution in [0.4, 0.5) is 0 Å². The average Bonchev–Trinajstić information content (AvgIpc) is 2.92. The van der Waals surface area contributed by atoms with Crippen LogP contribution in [0.2, 0.25) is 0 Å². The van der Waals surface area contributed by atoms with Crippen LogP contribution in [-0.4, -0.2) is 35.0 Å². The maximum Gasteiger partial charge on any atom is 0.191 e. The third-order valence-electron chi connectivity index (χ3n) is 2.31. The highest BCUT2D eigenvalue weighted by Crippen LogP contribution is 2.23. The summed E-state index contributed by atoms with van der Waals surface area (Å²) in [6.45, 7) is 4.54. The Morgan fingerprint density at radius 2 is 2.06 bits per heavy atom. The molecule has 0 fully saturated rings. The number of hydrogen-bond acceptors (Lipinski definition) is 7. The molecule has 9 heteroatoms. The van der Waals surface area contributed by atoms with Crippen LogP contribution in [0.1, 0.15) is 31.5 Å². The van der Waals surface area contributed by atoms with Gasteiger partial charge >= 0.3 is 0 Å². The Labute approximate surface area is 109 Å². The quantitative estimate of drug-likeness (QED) is 0.769. The molecule has 2 heterocycles. The van der Waals surface area contributed by atoms with Crippen LogP contribution in [0.15, 0.2) is 5.16 Å². The number of aromatic nitrogens is 7. The van der Waals surface area contributed by atoms with Gasteiger partial charge in [0.05, 0.1) is 19.3 Å². The van der Waals surface area contributed by atoms with Crippen LogP contribution in [0.25, 0.3) is 0 Å². The van der Waals surface area contributed by atoms with Gasteiger partial charge in [0.2, 0.25) is 0 Å². The molecule has 0 amide bonds. The van der Waals surface area contributed by atoms with Crippen molar-refractivity contribution in [3.05, 3.63) is 11.6 Å². The minimum Gasteiger partial charge on any atom is -0.324 e. The lowest BCUT2D eigenvalue weighted by Crippen LogP contribution is -2.11. The van der Waals surface area contributed by atoms with Gasteiger partial charge in [0.25, 0.3) is 0 Å². The first-order valence-electron chi connectivity index (χ1n) is 5.61. The Kier molecular flexibility index (Phi) is 3.92. The van der Waals surface area contributed by atoms with E-state index in [0.717, 1.165) is 11.0 Å². The van der Waals surface area contributed by atoms with E-state index in [0.29, 0.717) is 18.1 Å². The van der Waals surface area contributed by atoms with E-state index in [1.54, 1.807) is 7.05 Å². The van der Waals surface area contributed by atoms with Crippen LogP contribution in [0.3, 0.4) is 0 Å². The summed E-state index contributed by atoms with van der Waals surface area (Å²) in [5, 5.41) is 20.9. The first kappa shape index (κ1) is 13.0. The molecule has 2 N–H and O–H groups in total. The van der Waals surface area contributed by atoms with Gasteiger partial charge in [-0.15, -0.1) is 20.4 Å². The summed E-state index contributed by atoms with van der Waals surface area (Å²) in [5.74, 6) is 2.08. The number of thioether (sulfide) groups is 1. The first-order valence-corrected chi connectivity index (χ1v) is 6.60. The second-order valence-electron chi connectivity index (χ2n) is 4.05. The molecular formula is C9H16N8S. The van der Waals surface area contributed by atoms with Gasteiger partial charge in [0.15, 0.2) is 11.0 Å². The fraction of sp³-hybridized carbons (Fsp3) is 0.667. The van der Waals surface area contributed by atoms with Crippen molar-refractivity contribution >= 4 is 11.8 Å². The lowest BCUT2D eigenvalue weighted by Gasteiger charge is -2.12. The Hall–Kier alpha value is -1.48. The molecule has 2 rings (SSSR count). The van der Waals surface area contributed by atoms with Crippen LogP contribution in [0, 0.1) is 0 Å². The molecule has 0 saturated carbocycles. The second kappa shape index (κ2) is 5.44. The molecule has 8 nitrogen and oxygen atoms in total. The minimum absolute atomic E-state index is 0.274. The summed E-state index contributed by atoms with van der Waals surface area (Å²) in [6.07, 6.45) is 0. The van der Waals surface area contributed by atoms with Crippen molar-refractivity contribution < 1.29 is 0 Å². The van der Waals surface area contributed by atoms with E-state index >= 15 is 0 Å². The van der Waals surface area contributed by atoms with Crippen molar-refractivity contribution in [3.63, 3.8) is 0 Å². The predicted molar refractivity (Wildman–Crippen MR) is 66.7 cm³/mol. The fourth-order valence-electron chi connectivity index (χ4n) is 1.57. The number of rotatable bonds is 5. The highest BCUT2D eigenvalue weighted by molar-refractivity contribution is 7.98. The molecule has 0 unspecified atom stereocenters. The van der Waals surface area contributed by atoms with Crippen molar-refractivity contribution in [2.24, 2.45) is 12.8 Å². The summed E-state index contributed by atoms with van der Waals surface area (Å²) in [6, 6.07) is 0.274. The molecule has 0 atom stereocenters. The van der Waals surface area contributed by atoms with Gasteiger partial charge in [-0.1, -0.05) is 11.8 Å². The molecule has 0 spiro atoms. The average molecular weight is 268 g/mol. The Bertz CT molecular complexity index is 516. The van der Waals surface area contributed by atoms with Gasteiger partial charge in [-0.05, 0) is 19.1 Å². The highest BCUT2D eigenvalue weighted by Gasteiger charge is 2.14. The number of hydrogen-bond donors (Lipinski definition) is 1. The van der Waals surface area contributed by atoms with Gasteiger partial charge in [-0.25, -0.2) is 0 Å². The lowest BCUT2D eigenvalue weighted by molar-refractivity contribution is 0.526. The maximum absolute atomic E-state index is 5.64. The van der Waals surface area contributed by atoms with Crippen LogP contribution >= 0.6 is 11.8 Å². The van der Waals surface area contributed by atoms with Crippen molar-refractivity contribution in [2.45, 2.75) is 37.3 Å². The summed E-state index contributed by atoms with van der Waals surface area (Å²) in [5.41, 5.74) is 5.64. The summed E-state index contributed by atoms with van der Waals surface area (Å²) in [4.78, 5) is 1.44. The molecule has 0 radical (unpaired) electrons. The molecule has 2 aromatic rings. The van der Waals surface area contributed by atoms with Crippen LogP contribution < -0.4 is 5.73 Å². The number of tetrazole rings is 1. The van der Waals surface area contributed by atoms with Crippen molar-refractivity contribution in [2.75, 3.05) is 0 Å². The maximum atomic E-state index is 5.64. The summed E-state index contributed by atoms with van der Waals surface area (Å²) in [7, 11) is 1.74.